The first kappa shape index (κ1) is 11.2. The van der Waals surface area contributed by atoms with Crippen LogP contribution in [0.2, 0.25) is 5.15 Å². The summed E-state index contributed by atoms with van der Waals surface area (Å²) in [5.74, 6) is 0. The topological polar surface area (TPSA) is 54.5 Å². The summed E-state index contributed by atoms with van der Waals surface area (Å²) in [6, 6.07) is 9.87. The minimum atomic E-state index is 0.314. The number of rotatable bonds is 1. The monoisotopic (exact) mass is 274 g/mol. The lowest BCUT2D eigenvalue weighted by molar-refractivity contribution is 0.856. The fourth-order valence-corrected chi connectivity index (χ4v) is 2.97. The van der Waals surface area contributed by atoms with E-state index in [0.29, 0.717) is 21.5 Å². The largest absolute Gasteiger partial charge is 0.218 e. The minimum absolute atomic E-state index is 0.314. The number of nitrogens with zero attached hydrogens (tertiary/aromatic N) is 4. The zero-order valence-electron chi connectivity index (χ0n) is 9.38. The van der Waals surface area contributed by atoms with Crippen molar-refractivity contribution in [3.8, 4) is 11.2 Å². The molecule has 4 nitrogen and oxygen atoms in total. The van der Waals surface area contributed by atoms with Crippen LogP contribution in [0.1, 0.15) is 11.3 Å². The minimum Gasteiger partial charge on any atom is -0.218 e. The van der Waals surface area contributed by atoms with E-state index < -0.39 is 0 Å². The maximum Gasteiger partial charge on any atom is 0.212 e. The molecule has 3 rings (SSSR count). The van der Waals surface area contributed by atoms with Crippen LogP contribution in [0.4, 0.5) is 0 Å². The molecule has 0 saturated heterocycles. The molecule has 0 aliphatic rings. The zero-order chi connectivity index (χ0) is 12.7. The van der Waals surface area contributed by atoms with Gasteiger partial charge in [-0.15, -0.1) is 0 Å². The van der Waals surface area contributed by atoms with E-state index in [1.807, 2.05) is 30.3 Å². The molecule has 0 aliphatic carbocycles. The lowest BCUT2D eigenvalue weighted by Gasteiger charge is -1.95. The number of para-hydroxylation sites is 1. The molecule has 2 aromatic heterocycles. The van der Waals surface area contributed by atoms with Crippen LogP contribution in [-0.2, 0) is 0 Å². The van der Waals surface area contributed by atoms with Gasteiger partial charge in [-0.2, -0.15) is 15.0 Å². The SMILES string of the molecule is Cc1nn(-c2nc3ccccc3s2)c(Cl)c1C#N. The van der Waals surface area contributed by atoms with E-state index in [1.54, 1.807) is 6.92 Å². The van der Waals surface area contributed by atoms with Crippen LogP contribution in [0, 0.1) is 18.3 Å². The number of thiazole rings is 1. The number of fused-ring (bicyclic) bond motifs is 1. The average molecular weight is 275 g/mol. The highest BCUT2D eigenvalue weighted by molar-refractivity contribution is 7.20. The highest BCUT2D eigenvalue weighted by Gasteiger charge is 2.16. The number of hydrogen-bond acceptors (Lipinski definition) is 4. The molecule has 0 amide bonds. The molecule has 2 heterocycles. The summed E-state index contributed by atoms with van der Waals surface area (Å²) in [6.07, 6.45) is 0. The Morgan fingerprint density at radius 3 is 2.83 bits per heavy atom. The van der Waals surface area contributed by atoms with Gasteiger partial charge in [-0.1, -0.05) is 35.1 Å². The number of hydrogen-bond donors (Lipinski definition) is 0. The maximum absolute atomic E-state index is 8.99. The molecule has 0 saturated carbocycles. The van der Waals surface area contributed by atoms with Crippen LogP contribution in [0.25, 0.3) is 15.3 Å². The quantitative estimate of drug-likeness (QED) is 0.684. The summed E-state index contributed by atoms with van der Waals surface area (Å²) >= 11 is 7.63. The highest BCUT2D eigenvalue weighted by Crippen LogP contribution is 2.28. The number of aromatic nitrogens is 3. The van der Waals surface area contributed by atoms with Gasteiger partial charge in [0, 0.05) is 0 Å². The third-order valence-electron chi connectivity index (χ3n) is 2.58. The van der Waals surface area contributed by atoms with E-state index in [4.69, 9.17) is 16.9 Å². The molecule has 18 heavy (non-hydrogen) atoms. The normalized spacial score (nSPS) is 10.7. The van der Waals surface area contributed by atoms with E-state index in [-0.39, 0.29) is 0 Å². The van der Waals surface area contributed by atoms with Crippen LogP contribution in [0.15, 0.2) is 24.3 Å². The molecule has 0 aliphatic heterocycles. The molecule has 0 unspecified atom stereocenters. The summed E-state index contributed by atoms with van der Waals surface area (Å²) in [5.41, 5.74) is 1.91. The fourth-order valence-electron chi connectivity index (χ4n) is 1.70. The molecular weight excluding hydrogens is 268 g/mol. The smallest absolute Gasteiger partial charge is 0.212 e. The Labute approximate surface area is 112 Å². The Morgan fingerprint density at radius 2 is 2.17 bits per heavy atom. The van der Waals surface area contributed by atoms with Crippen molar-refractivity contribution in [2.75, 3.05) is 0 Å². The van der Waals surface area contributed by atoms with Crippen molar-refractivity contribution >= 4 is 33.2 Å². The summed E-state index contributed by atoms with van der Waals surface area (Å²) in [4.78, 5) is 4.46. The van der Waals surface area contributed by atoms with Crippen molar-refractivity contribution in [3.05, 3.63) is 40.7 Å². The van der Waals surface area contributed by atoms with Crippen LogP contribution in [0.3, 0.4) is 0 Å². The molecule has 0 N–H and O–H groups in total. The van der Waals surface area contributed by atoms with Crippen molar-refractivity contribution in [2.45, 2.75) is 6.92 Å². The van der Waals surface area contributed by atoms with Crippen LogP contribution in [-0.4, -0.2) is 14.8 Å². The first-order valence-electron chi connectivity index (χ1n) is 5.22. The van der Waals surface area contributed by atoms with Gasteiger partial charge in [-0.25, -0.2) is 4.98 Å². The Morgan fingerprint density at radius 1 is 1.39 bits per heavy atom. The van der Waals surface area contributed by atoms with E-state index >= 15 is 0 Å². The second-order valence-corrected chi connectivity index (χ2v) is 5.11. The predicted molar refractivity (Wildman–Crippen MR) is 71.2 cm³/mol. The maximum atomic E-state index is 8.99. The Hall–Kier alpha value is -1.90. The lowest BCUT2D eigenvalue weighted by Crippen LogP contribution is -1.95. The van der Waals surface area contributed by atoms with Gasteiger partial charge in [0.1, 0.15) is 11.6 Å². The van der Waals surface area contributed by atoms with E-state index in [0.717, 1.165) is 10.2 Å². The molecule has 3 aromatic rings. The van der Waals surface area contributed by atoms with Crippen molar-refractivity contribution in [2.24, 2.45) is 0 Å². The molecule has 0 atom stereocenters. The molecule has 1 aromatic carbocycles. The van der Waals surface area contributed by atoms with Gasteiger partial charge < -0.3 is 0 Å². The molecular formula is C12H7ClN4S. The van der Waals surface area contributed by atoms with Crippen molar-refractivity contribution in [1.29, 1.82) is 5.26 Å². The van der Waals surface area contributed by atoms with Gasteiger partial charge in [0.15, 0.2) is 5.15 Å². The van der Waals surface area contributed by atoms with Gasteiger partial charge in [0.2, 0.25) is 5.13 Å². The predicted octanol–water partition coefficient (Wildman–Crippen LogP) is 3.32. The van der Waals surface area contributed by atoms with Gasteiger partial charge in [-0.05, 0) is 19.1 Å². The van der Waals surface area contributed by atoms with Crippen LogP contribution in [0.5, 0.6) is 0 Å². The van der Waals surface area contributed by atoms with Gasteiger partial charge >= 0.3 is 0 Å². The molecule has 0 radical (unpaired) electrons. The first-order valence-corrected chi connectivity index (χ1v) is 6.41. The molecule has 6 heteroatoms. The Kier molecular flexibility index (Phi) is 2.54. The highest BCUT2D eigenvalue weighted by atomic mass is 35.5. The Bertz CT molecular complexity index is 748. The van der Waals surface area contributed by atoms with Crippen LogP contribution >= 0.6 is 22.9 Å². The molecule has 88 valence electrons. The summed E-state index contributed by atoms with van der Waals surface area (Å²) in [6.45, 7) is 1.76. The summed E-state index contributed by atoms with van der Waals surface area (Å²) in [7, 11) is 0. The van der Waals surface area contributed by atoms with Gasteiger partial charge in [0.25, 0.3) is 0 Å². The number of halogens is 1. The third kappa shape index (κ3) is 1.58. The fraction of sp³-hybridized carbons (Fsp3) is 0.0833. The standard InChI is InChI=1S/C12H7ClN4S/c1-7-8(6-14)11(13)17(16-7)12-15-9-4-2-3-5-10(9)18-12/h2-5H,1H3. The third-order valence-corrected chi connectivity index (χ3v) is 3.94. The number of nitriles is 1. The summed E-state index contributed by atoms with van der Waals surface area (Å²) < 4.78 is 2.58. The van der Waals surface area contributed by atoms with E-state index in [2.05, 4.69) is 10.1 Å². The molecule has 0 bridgehead atoms. The number of aryl methyl sites for hydroxylation is 1. The van der Waals surface area contributed by atoms with Gasteiger partial charge in [0.05, 0.1) is 15.9 Å². The van der Waals surface area contributed by atoms with Crippen LogP contribution < -0.4 is 0 Å². The lowest BCUT2D eigenvalue weighted by atomic mass is 10.3. The zero-order valence-corrected chi connectivity index (χ0v) is 11.0. The van der Waals surface area contributed by atoms with Gasteiger partial charge in [-0.3, -0.25) is 0 Å². The molecule has 0 fully saturated rings. The average Bonchev–Trinajstić information content (AvgIpc) is 2.90. The van der Waals surface area contributed by atoms with Crippen molar-refractivity contribution in [3.63, 3.8) is 0 Å². The van der Waals surface area contributed by atoms with Crippen molar-refractivity contribution in [1.82, 2.24) is 14.8 Å². The molecule has 0 spiro atoms. The summed E-state index contributed by atoms with van der Waals surface area (Å²) in [5, 5.41) is 14.2. The second kappa shape index (κ2) is 4.09. The second-order valence-electron chi connectivity index (χ2n) is 3.74. The Balaban J connectivity index is 2.24. The van der Waals surface area contributed by atoms with E-state index in [1.165, 1.54) is 16.0 Å². The number of benzene rings is 1. The van der Waals surface area contributed by atoms with Crippen molar-refractivity contribution < 1.29 is 0 Å². The first-order chi connectivity index (χ1) is 8.70. The van der Waals surface area contributed by atoms with E-state index in [9.17, 15) is 0 Å².